The zero-order chi connectivity index (χ0) is 28.8. The van der Waals surface area contributed by atoms with Crippen molar-refractivity contribution in [3.05, 3.63) is 120 Å². The smallest absolute Gasteiger partial charge is 0.264 e. The molecule has 0 unspecified atom stereocenters. The summed E-state index contributed by atoms with van der Waals surface area (Å²) in [6.07, 6.45) is 6.63. The van der Waals surface area contributed by atoms with Gasteiger partial charge in [-0.15, -0.1) is 5.10 Å². The molecule has 3 aromatic carbocycles. The number of rotatable bonds is 11. The molecule has 1 aliphatic heterocycles. The minimum atomic E-state index is -1.82. The Kier molecular flexibility index (Phi) is 8.37. The maximum absolute atomic E-state index is 13.9. The fourth-order valence-corrected chi connectivity index (χ4v) is 5.06. The second-order valence-corrected chi connectivity index (χ2v) is 10.1. The maximum atomic E-state index is 13.9. The number of fused-ring (bicyclic) bond motifs is 1. The summed E-state index contributed by atoms with van der Waals surface area (Å²) in [5, 5.41) is 32.1. The van der Waals surface area contributed by atoms with E-state index in [1.54, 1.807) is 58.2 Å². The lowest BCUT2D eigenvalue weighted by Gasteiger charge is -2.28. The van der Waals surface area contributed by atoms with Crippen LogP contribution in [0.1, 0.15) is 40.5 Å². The molecule has 3 N–H and O–H groups in total. The summed E-state index contributed by atoms with van der Waals surface area (Å²) in [5.74, 6) is -1.25. The number of allylic oxidation sites excluding steroid dienone is 1. The van der Waals surface area contributed by atoms with E-state index in [0.717, 1.165) is 11.3 Å². The first-order chi connectivity index (χ1) is 19.9. The van der Waals surface area contributed by atoms with Gasteiger partial charge in [-0.1, -0.05) is 72.8 Å². The minimum absolute atomic E-state index is 0.0170. The van der Waals surface area contributed by atoms with E-state index in [0.29, 0.717) is 48.4 Å². The van der Waals surface area contributed by atoms with Gasteiger partial charge in [-0.25, -0.2) is 0 Å². The summed E-state index contributed by atoms with van der Waals surface area (Å²) in [5.41, 5.74) is 1.90. The van der Waals surface area contributed by atoms with Gasteiger partial charge >= 0.3 is 0 Å². The number of amides is 2. The van der Waals surface area contributed by atoms with Crippen LogP contribution in [0.5, 0.6) is 0 Å². The van der Waals surface area contributed by atoms with Crippen LogP contribution in [0, 0.1) is 5.92 Å². The molecule has 41 heavy (non-hydrogen) atoms. The number of nitrogens with one attached hydrogen (secondary N) is 1. The number of nitrogens with zero attached hydrogens (tertiary/aromatic N) is 4. The van der Waals surface area contributed by atoms with E-state index in [1.807, 2.05) is 55.5 Å². The number of aliphatic hydroxyl groups excluding tert-OH is 1. The number of hydrogen-bond acceptors (Lipinski definition) is 6. The molecule has 0 spiro atoms. The molecule has 0 bridgehead atoms. The van der Waals surface area contributed by atoms with Gasteiger partial charge in [0.05, 0.1) is 17.9 Å². The molecule has 210 valence electrons. The van der Waals surface area contributed by atoms with E-state index in [-0.39, 0.29) is 12.5 Å². The lowest BCUT2D eigenvalue weighted by atomic mass is 9.82. The molecular weight excluding hydrogens is 518 g/mol. The quantitative estimate of drug-likeness (QED) is 0.242. The SMILES string of the molecule is C[C@H](/C=C/CCn1cc(CCO)nn1)[C@@]1(O)C(=O)N(Cc2ccccc2)c2ccc(NC(=O)c3ccccc3)cc21. The average molecular weight is 552 g/mol. The van der Waals surface area contributed by atoms with E-state index >= 15 is 0 Å². The van der Waals surface area contributed by atoms with Gasteiger partial charge in [-0.05, 0) is 42.3 Å². The standard InChI is InChI=1S/C32H33N5O4/c1-23(10-8-9-18-36-22-27(17-19-38)34-35-36)32(41)28-20-26(33-30(39)25-13-6-3-7-14-25)15-16-29(28)37(31(32)40)21-24-11-4-2-5-12-24/h2-8,10-16,20,22-23,38,41H,9,17-19,21H2,1H3,(H,33,39)/b10-8+/t23-,32+/m1/s1. The van der Waals surface area contributed by atoms with E-state index in [4.69, 9.17) is 5.11 Å². The highest BCUT2D eigenvalue weighted by molar-refractivity contribution is 6.09. The topological polar surface area (TPSA) is 121 Å². The number of hydrogen-bond donors (Lipinski definition) is 3. The number of aryl methyl sites for hydroxylation is 1. The molecule has 9 heteroatoms. The van der Waals surface area contributed by atoms with Gasteiger partial charge in [0.25, 0.3) is 11.8 Å². The van der Waals surface area contributed by atoms with Crippen LogP contribution in [0.25, 0.3) is 0 Å². The van der Waals surface area contributed by atoms with Gasteiger partial charge in [0, 0.05) is 48.5 Å². The van der Waals surface area contributed by atoms with Crippen molar-refractivity contribution in [3.63, 3.8) is 0 Å². The zero-order valence-electron chi connectivity index (χ0n) is 22.9. The number of carbonyl (C=O) groups is 2. The third-order valence-corrected chi connectivity index (χ3v) is 7.31. The van der Waals surface area contributed by atoms with Crippen LogP contribution in [0.3, 0.4) is 0 Å². The lowest BCUT2D eigenvalue weighted by Crippen LogP contribution is -2.44. The van der Waals surface area contributed by atoms with Crippen LogP contribution in [-0.2, 0) is 29.9 Å². The first-order valence-electron chi connectivity index (χ1n) is 13.7. The number of aliphatic hydroxyl groups is 2. The highest BCUT2D eigenvalue weighted by Gasteiger charge is 2.52. The first-order valence-corrected chi connectivity index (χ1v) is 13.7. The Morgan fingerprint density at radius 3 is 2.54 bits per heavy atom. The highest BCUT2D eigenvalue weighted by Crippen LogP contribution is 2.46. The van der Waals surface area contributed by atoms with E-state index in [9.17, 15) is 14.7 Å². The third-order valence-electron chi connectivity index (χ3n) is 7.31. The number of anilines is 2. The summed E-state index contributed by atoms with van der Waals surface area (Å²) >= 11 is 0. The minimum Gasteiger partial charge on any atom is -0.396 e. The molecule has 0 aliphatic carbocycles. The molecular formula is C32H33N5O4. The van der Waals surface area contributed by atoms with Crippen LogP contribution in [0.15, 0.2) is 97.2 Å². The average Bonchev–Trinajstić information content (AvgIpc) is 3.53. The Morgan fingerprint density at radius 2 is 1.80 bits per heavy atom. The fraction of sp³-hybridized carbons (Fsp3) is 0.250. The van der Waals surface area contributed by atoms with E-state index in [1.165, 1.54) is 0 Å². The van der Waals surface area contributed by atoms with Crippen molar-refractivity contribution < 1.29 is 19.8 Å². The number of carbonyl (C=O) groups excluding carboxylic acids is 2. The molecule has 1 aromatic heterocycles. The van der Waals surface area contributed by atoms with Crippen LogP contribution in [0.2, 0.25) is 0 Å². The van der Waals surface area contributed by atoms with Crippen molar-refractivity contribution in [2.24, 2.45) is 5.92 Å². The third kappa shape index (κ3) is 5.96. The molecule has 0 saturated carbocycles. The lowest BCUT2D eigenvalue weighted by molar-refractivity contribution is -0.139. The van der Waals surface area contributed by atoms with Crippen molar-refractivity contribution in [1.29, 1.82) is 0 Å². The van der Waals surface area contributed by atoms with E-state index in [2.05, 4.69) is 15.6 Å². The Morgan fingerprint density at radius 1 is 1.07 bits per heavy atom. The van der Waals surface area contributed by atoms with Crippen molar-refractivity contribution in [1.82, 2.24) is 15.0 Å². The first kappa shape index (κ1) is 27.9. The molecule has 2 amide bonds. The van der Waals surface area contributed by atoms with Gasteiger partial charge in [0.2, 0.25) is 0 Å². The number of benzene rings is 3. The Balaban J connectivity index is 1.40. The summed E-state index contributed by atoms with van der Waals surface area (Å²) in [6.45, 7) is 2.71. The van der Waals surface area contributed by atoms with Crippen LogP contribution >= 0.6 is 0 Å². The van der Waals surface area contributed by atoms with Crippen LogP contribution in [0.4, 0.5) is 11.4 Å². The van der Waals surface area contributed by atoms with Gasteiger partial charge in [0.1, 0.15) is 0 Å². The van der Waals surface area contributed by atoms with Gasteiger partial charge in [-0.3, -0.25) is 14.3 Å². The van der Waals surface area contributed by atoms with Gasteiger partial charge in [-0.2, -0.15) is 0 Å². The van der Waals surface area contributed by atoms with Crippen LogP contribution in [-0.4, -0.2) is 43.6 Å². The fourth-order valence-electron chi connectivity index (χ4n) is 5.06. The van der Waals surface area contributed by atoms with Crippen molar-refractivity contribution >= 4 is 23.2 Å². The summed E-state index contributed by atoms with van der Waals surface area (Å²) in [4.78, 5) is 28.3. The second kappa shape index (κ2) is 12.3. The largest absolute Gasteiger partial charge is 0.396 e. The Bertz CT molecular complexity index is 1540. The molecule has 1 aliphatic rings. The molecule has 2 heterocycles. The summed E-state index contributed by atoms with van der Waals surface area (Å²) in [6, 6.07) is 23.7. The molecule has 0 radical (unpaired) electrons. The predicted octanol–water partition coefficient (Wildman–Crippen LogP) is 4.08. The molecule has 5 rings (SSSR count). The molecule has 0 saturated heterocycles. The van der Waals surface area contributed by atoms with Crippen LogP contribution < -0.4 is 10.2 Å². The molecule has 9 nitrogen and oxygen atoms in total. The Hall–Kier alpha value is -4.60. The van der Waals surface area contributed by atoms with Gasteiger partial charge < -0.3 is 20.4 Å². The molecule has 0 fully saturated rings. The molecule has 2 atom stereocenters. The monoisotopic (exact) mass is 551 g/mol. The summed E-state index contributed by atoms with van der Waals surface area (Å²) in [7, 11) is 0. The van der Waals surface area contributed by atoms with E-state index < -0.39 is 17.4 Å². The zero-order valence-corrected chi connectivity index (χ0v) is 22.9. The van der Waals surface area contributed by atoms with Crippen molar-refractivity contribution in [3.8, 4) is 0 Å². The molecule has 4 aromatic rings. The van der Waals surface area contributed by atoms with Crippen molar-refractivity contribution in [2.45, 2.75) is 38.5 Å². The number of aromatic nitrogens is 3. The second-order valence-electron chi connectivity index (χ2n) is 10.1. The van der Waals surface area contributed by atoms with Gasteiger partial charge in [0.15, 0.2) is 5.60 Å². The normalized spacial score (nSPS) is 17.1. The summed E-state index contributed by atoms with van der Waals surface area (Å²) < 4.78 is 1.70. The Labute approximate surface area is 238 Å². The predicted molar refractivity (Wildman–Crippen MR) is 156 cm³/mol. The highest BCUT2D eigenvalue weighted by atomic mass is 16.3. The maximum Gasteiger partial charge on any atom is 0.264 e. The van der Waals surface area contributed by atoms with Crippen molar-refractivity contribution in [2.75, 3.05) is 16.8 Å².